The molecule has 0 bridgehead atoms. The summed E-state index contributed by atoms with van der Waals surface area (Å²) in [6.07, 6.45) is 0. The maximum Gasteiger partial charge on any atom is 0.256 e. The van der Waals surface area contributed by atoms with Gasteiger partial charge in [0.25, 0.3) is 5.95 Å². The first-order chi connectivity index (χ1) is 4.24. The standard InChI is InChI=1S/C2H6N6S/c3-6-1-5-2(9)7-8(1)4/h3-4H2,(H2,5,6,7,9). The van der Waals surface area contributed by atoms with Gasteiger partial charge in [-0.1, -0.05) is 0 Å². The fourth-order valence-electron chi connectivity index (χ4n) is 0.410. The molecule has 6 nitrogen and oxygen atoms in total. The SMILES string of the molecule is NNc1nc(S)nn1N. The van der Waals surface area contributed by atoms with Crippen LogP contribution < -0.4 is 17.1 Å². The summed E-state index contributed by atoms with van der Waals surface area (Å²) in [6, 6.07) is 0. The lowest BCUT2D eigenvalue weighted by Gasteiger charge is -1.93. The van der Waals surface area contributed by atoms with E-state index in [-0.39, 0.29) is 11.1 Å². The van der Waals surface area contributed by atoms with E-state index in [4.69, 9.17) is 11.7 Å². The second kappa shape index (κ2) is 2.11. The van der Waals surface area contributed by atoms with Crippen LogP contribution in [0.2, 0.25) is 0 Å². The molecule has 0 aromatic carbocycles. The molecule has 0 radical (unpaired) electrons. The van der Waals surface area contributed by atoms with Crippen molar-refractivity contribution in [3.63, 3.8) is 0 Å². The first-order valence-corrected chi connectivity index (χ1v) is 2.56. The average Bonchev–Trinajstić information content (AvgIpc) is 2.10. The van der Waals surface area contributed by atoms with Crippen LogP contribution in [0.3, 0.4) is 0 Å². The number of nitrogens with one attached hydrogen (secondary N) is 1. The van der Waals surface area contributed by atoms with Gasteiger partial charge in [-0.25, -0.2) is 5.84 Å². The summed E-state index contributed by atoms with van der Waals surface area (Å²) < 4.78 is 0. The number of hydrogen-bond acceptors (Lipinski definition) is 6. The molecule has 1 aromatic heterocycles. The molecule has 0 saturated carbocycles. The quantitative estimate of drug-likeness (QED) is 0.221. The van der Waals surface area contributed by atoms with E-state index in [1.807, 2.05) is 0 Å². The van der Waals surface area contributed by atoms with Crippen LogP contribution in [0, 0.1) is 0 Å². The number of hydrazine groups is 1. The Labute approximate surface area is 56.6 Å². The number of rotatable bonds is 1. The van der Waals surface area contributed by atoms with Crippen molar-refractivity contribution in [3.8, 4) is 0 Å². The van der Waals surface area contributed by atoms with E-state index in [0.717, 1.165) is 4.79 Å². The van der Waals surface area contributed by atoms with Crippen molar-refractivity contribution < 1.29 is 0 Å². The Morgan fingerprint density at radius 1 is 1.67 bits per heavy atom. The predicted molar refractivity (Wildman–Crippen MR) is 35.2 cm³/mol. The highest BCUT2D eigenvalue weighted by atomic mass is 32.1. The lowest BCUT2D eigenvalue weighted by molar-refractivity contribution is 0.797. The molecule has 0 aliphatic carbocycles. The van der Waals surface area contributed by atoms with Crippen LogP contribution in [0.25, 0.3) is 0 Å². The van der Waals surface area contributed by atoms with Crippen molar-refractivity contribution in [2.24, 2.45) is 5.84 Å². The lowest BCUT2D eigenvalue weighted by atomic mass is 11.1. The Morgan fingerprint density at radius 2 is 2.33 bits per heavy atom. The Balaban J connectivity index is 3.01. The maximum atomic E-state index is 5.20. The van der Waals surface area contributed by atoms with Crippen LogP contribution in [-0.2, 0) is 0 Å². The number of nitrogens with zero attached hydrogens (tertiary/aromatic N) is 3. The molecule has 0 spiro atoms. The summed E-state index contributed by atoms with van der Waals surface area (Å²) in [6.45, 7) is 0. The first kappa shape index (κ1) is 6.17. The van der Waals surface area contributed by atoms with Gasteiger partial charge in [-0.05, 0) is 0 Å². The summed E-state index contributed by atoms with van der Waals surface area (Å²) in [5, 5.41) is 3.87. The Kier molecular flexibility index (Phi) is 1.45. The molecule has 5 N–H and O–H groups in total. The van der Waals surface area contributed by atoms with Crippen LogP contribution in [0.1, 0.15) is 0 Å². The molecule has 0 saturated heterocycles. The summed E-state index contributed by atoms with van der Waals surface area (Å²) in [5.74, 6) is 10.5. The van der Waals surface area contributed by atoms with Gasteiger partial charge in [0.1, 0.15) is 0 Å². The van der Waals surface area contributed by atoms with Gasteiger partial charge in [0, 0.05) is 0 Å². The molecule has 0 unspecified atom stereocenters. The van der Waals surface area contributed by atoms with Crippen molar-refractivity contribution in [1.82, 2.24) is 14.9 Å². The molecule has 9 heavy (non-hydrogen) atoms. The molecule has 0 atom stereocenters. The van der Waals surface area contributed by atoms with E-state index in [1.54, 1.807) is 0 Å². The summed E-state index contributed by atoms with van der Waals surface area (Å²) in [5.41, 5.74) is 2.23. The number of nitrogens with two attached hydrogens (primary N) is 2. The van der Waals surface area contributed by atoms with E-state index < -0.39 is 0 Å². The van der Waals surface area contributed by atoms with Gasteiger partial charge in [0.05, 0.1) is 0 Å². The zero-order valence-electron chi connectivity index (χ0n) is 4.44. The minimum absolute atomic E-state index is 0.278. The van der Waals surface area contributed by atoms with Gasteiger partial charge in [-0.3, -0.25) is 5.43 Å². The van der Waals surface area contributed by atoms with Crippen molar-refractivity contribution in [2.75, 3.05) is 11.3 Å². The molecule has 1 heterocycles. The zero-order chi connectivity index (χ0) is 6.85. The van der Waals surface area contributed by atoms with Crippen LogP contribution >= 0.6 is 12.6 Å². The highest BCUT2D eigenvalue weighted by Gasteiger charge is 1.99. The third kappa shape index (κ3) is 1.06. The number of nitrogen functional groups attached to an aromatic ring is 2. The van der Waals surface area contributed by atoms with Gasteiger partial charge < -0.3 is 5.84 Å². The van der Waals surface area contributed by atoms with Crippen LogP contribution in [-0.4, -0.2) is 14.9 Å². The van der Waals surface area contributed by atoms with Gasteiger partial charge in [0.15, 0.2) is 0 Å². The van der Waals surface area contributed by atoms with E-state index in [9.17, 15) is 0 Å². The first-order valence-electron chi connectivity index (χ1n) is 2.11. The Hall–Kier alpha value is -0.950. The van der Waals surface area contributed by atoms with Crippen LogP contribution in [0.4, 0.5) is 5.95 Å². The molecule has 0 aliphatic heterocycles. The van der Waals surface area contributed by atoms with Gasteiger partial charge in [0.2, 0.25) is 5.16 Å². The Morgan fingerprint density at radius 3 is 2.56 bits per heavy atom. The minimum atomic E-state index is 0.278. The molecule has 0 fully saturated rings. The van der Waals surface area contributed by atoms with E-state index in [2.05, 4.69) is 28.1 Å². The Bertz CT molecular complexity index is 205. The van der Waals surface area contributed by atoms with Crippen LogP contribution in [0.5, 0.6) is 0 Å². The second-order valence-corrected chi connectivity index (χ2v) is 1.72. The smallest absolute Gasteiger partial charge is 0.256 e. The second-order valence-electron chi connectivity index (χ2n) is 1.32. The topological polar surface area (TPSA) is 94.8 Å². The predicted octanol–water partition coefficient (Wildman–Crippen LogP) is -1.43. The number of hydrogen-bond donors (Lipinski definition) is 4. The normalized spacial score (nSPS) is 9.56. The minimum Gasteiger partial charge on any atom is -0.320 e. The highest BCUT2D eigenvalue weighted by molar-refractivity contribution is 7.80. The summed E-state index contributed by atoms with van der Waals surface area (Å²) >= 11 is 3.81. The third-order valence-corrected chi connectivity index (χ3v) is 0.939. The molecule has 0 aliphatic rings. The van der Waals surface area contributed by atoms with Gasteiger partial charge in [-0.2, -0.15) is 4.98 Å². The van der Waals surface area contributed by atoms with Gasteiger partial charge in [-0.15, -0.1) is 22.5 Å². The molecule has 50 valence electrons. The maximum absolute atomic E-state index is 5.20. The monoisotopic (exact) mass is 146 g/mol. The number of aromatic nitrogens is 3. The number of thiol groups is 1. The van der Waals surface area contributed by atoms with E-state index in [1.165, 1.54) is 0 Å². The molecule has 1 rings (SSSR count). The molecular weight excluding hydrogens is 140 g/mol. The number of anilines is 1. The van der Waals surface area contributed by atoms with Gasteiger partial charge >= 0.3 is 0 Å². The third-order valence-electron chi connectivity index (χ3n) is 0.749. The van der Waals surface area contributed by atoms with Crippen molar-refractivity contribution in [2.45, 2.75) is 5.16 Å². The lowest BCUT2D eigenvalue weighted by Crippen LogP contribution is -2.18. The molecule has 0 amide bonds. The molecule has 7 heteroatoms. The highest BCUT2D eigenvalue weighted by Crippen LogP contribution is 2.00. The summed E-state index contributed by atoms with van der Waals surface area (Å²) in [4.78, 5) is 4.69. The fraction of sp³-hybridized carbons (Fsp3) is 0. The van der Waals surface area contributed by atoms with Crippen molar-refractivity contribution >= 4 is 18.6 Å². The summed E-state index contributed by atoms with van der Waals surface area (Å²) in [7, 11) is 0. The van der Waals surface area contributed by atoms with E-state index >= 15 is 0 Å². The molecular formula is C2H6N6S. The van der Waals surface area contributed by atoms with Crippen molar-refractivity contribution in [3.05, 3.63) is 0 Å². The fourth-order valence-corrected chi connectivity index (χ4v) is 0.602. The molecule has 1 aromatic rings. The average molecular weight is 146 g/mol. The zero-order valence-corrected chi connectivity index (χ0v) is 5.34. The van der Waals surface area contributed by atoms with Crippen molar-refractivity contribution in [1.29, 1.82) is 0 Å². The van der Waals surface area contributed by atoms with Crippen LogP contribution in [0.15, 0.2) is 5.16 Å². The van der Waals surface area contributed by atoms with E-state index in [0.29, 0.717) is 0 Å². The largest absolute Gasteiger partial charge is 0.320 e.